The van der Waals surface area contributed by atoms with Crippen molar-refractivity contribution in [1.29, 1.82) is 0 Å². The number of nitrogens with one attached hydrogen (secondary N) is 1. The van der Waals surface area contributed by atoms with E-state index in [4.69, 9.17) is 4.74 Å². The van der Waals surface area contributed by atoms with E-state index < -0.39 is 0 Å². The summed E-state index contributed by atoms with van der Waals surface area (Å²) in [5.74, 6) is 1.15. The molecule has 0 spiro atoms. The number of rotatable bonds is 7. The van der Waals surface area contributed by atoms with E-state index in [1.165, 1.54) is 16.7 Å². The number of aryl methyl sites for hydroxylation is 1. The summed E-state index contributed by atoms with van der Waals surface area (Å²) < 4.78 is 5.18. The molecule has 0 saturated carbocycles. The fraction of sp³-hybridized carbons (Fsp3) is 0.435. The van der Waals surface area contributed by atoms with Crippen LogP contribution in [0.15, 0.2) is 48.5 Å². The highest BCUT2D eigenvalue weighted by Gasteiger charge is 2.25. The van der Waals surface area contributed by atoms with Crippen molar-refractivity contribution in [3.63, 3.8) is 0 Å². The van der Waals surface area contributed by atoms with Crippen LogP contribution in [-0.2, 0) is 17.8 Å². The maximum absolute atomic E-state index is 12.6. The predicted octanol–water partition coefficient (Wildman–Crippen LogP) is 3.57. The topological polar surface area (TPSA) is 41.6 Å². The number of likely N-dealkylation sites (tertiary alicyclic amines) is 1. The first-order valence-corrected chi connectivity index (χ1v) is 9.82. The average Bonchev–Trinajstić information content (AvgIpc) is 2.70. The van der Waals surface area contributed by atoms with E-state index in [1.807, 2.05) is 12.1 Å². The number of methoxy groups -OCH3 is 1. The number of ether oxygens (including phenoxy) is 1. The Morgan fingerprint density at radius 3 is 2.52 bits per heavy atom. The highest BCUT2D eigenvalue weighted by atomic mass is 16.5. The Hall–Kier alpha value is -2.33. The van der Waals surface area contributed by atoms with E-state index in [0.29, 0.717) is 6.54 Å². The standard InChI is InChI=1S/C23H30N2O2/c1-18-5-7-20(8-6-18)16-25-15-3-4-21(17-25)23(26)24-14-13-19-9-11-22(27-2)12-10-19/h5-12,21H,3-4,13-17H2,1-2H3,(H,24,26). The van der Waals surface area contributed by atoms with Crippen LogP contribution in [0, 0.1) is 12.8 Å². The molecule has 2 aromatic carbocycles. The van der Waals surface area contributed by atoms with Gasteiger partial charge in [0.1, 0.15) is 5.75 Å². The highest BCUT2D eigenvalue weighted by molar-refractivity contribution is 5.79. The van der Waals surface area contributed by atoms with Crippen LogP contribution in [0.1, 0.15) is 29.5 Å². The molecule has 1 amide bonds. The van der Waals surface area contributed by atoms with Gasteiger partial charge in [-0.15, -0.1) is 0 Å². The van der Waals surface area contributed by atoms with Crippen LogP contribution in [-0.4, -0.2) is 37.6 Å². The van der Waals surface area contributed by atoms with Crippen molar-refractivity contribution in [2.24, 2.45) is 5.92 Å². The Morgan fingerprint density at radius 2 is 1.81 bits per heavy atom. The van der Waals surface area contributed by atoms with Crippen LogP contribution in [0.5, 0.6) is 5.75 Å². The molecular weight excluding hydrogens is 336 g/mol. The fourth-order valence-electron chi connectivity index (χ4n) is 3.63. The molecular formula is C23H30N2O2. The molecule has 27 heavy (non-hydrogen) atoms. The molecule has 4 nitrogen and oxygen atoms in total. The summed E-state index contributed by atoms with van der Waals surface area (Å²) in [5, 5.41) is 3.12. The lowest BCUT2D eigenvalue weighted by molar-refractivity contribution is -0.126. The van der Waals surface area contributed by atoms with Crippen molar-refractivity contribution < 1.29 is 9.53 Å². The number of hydrogen-bond acceptors (Lipinski definition) is 3. The van der Waals surface area contributed by atoms with E-state index in [1.54, 1.807) is 7.11 Å². The quantitative estimate of drug-likeness (QED) is 0.814. The first-order valence-electron chi connectivity index (χ1n) is 9.82. The van der Waals surface area contributed by atoms with E-state index in [-0.39, 0.29) is 11.8 Å². The smallest absolute Gasteiger partial charge is 0.224 e. The van der Waals surface area contributed by atoms with Crippen molar-refractivity contribution in [2.45, 2.75) is 32.7 Å². The number of hydrogen-bond donors (Lipinski definition) is 1. The molecule has 1 saturated heterocycles. The molecule has 1 aliphatic heterocycles. The summed E-state index contributed by atoms with van der Waals surface area (Å²) in [7, 11) is 1.67. The molecule has 1 heterocycles. The van der Waals surface area contributed by atoms with Crippen LogP contribution in [0.25, 0.3) is 0 Å². The number of benzene rings is 2. The second-order valence-electron chi connectivity index (χ2n) is 7.45. The summed E-state index contributed by atoms with van der Waals surface area (Å²) in [6, 6.07) is 16.7. The largest absolute Gasteiger partial charge is 0.497 e. The third-order valence-electron chi connectivity index (χ3n) is 5.28. The number of piperidine rings is 1. The number of nitrogens with zero attached hydrogens (tertiary/aromatic N) is 1. The lowest BCUT2D eigenvalue weighted by Gasteiger charge is -2.32. The third kappa shape index (κ3) is 5.83. The fourth-order valence-corrected chi connectivity index (χ4v) is 3.63. The van der Waals surface area contributed by atoms with Crippen LogP contribution in [0.4, 0.5) is 0 Å². The Morgan fingerprint density at radius 1 is 1.11 bits per heavy atom. The van der Waals surface area contributed by atoms with E-state index >= 15 is 0 Å². The second kappa shape index (κ2) is 9.56. The van der Waals surface area contributed by atoms with E-state index in [9.17, 15) is 4.79 Å². The Kier molecular flexibility index (Phi) is 6.88. The zero-order chi connectivity index (χ0) is 19.1. The molecule has 0 bridgehead atoms. The summed E-state index contributed by atoms with van der Waals surface area (Å²) >= 11 is 0. The van der Waals surface area contributed by atoms with Crippen molar-refractivity contribution >= 4 is 5.91 Å². The molecule has 0 radical (unpaired) electrons. The van der Waals surface area contributed by atoms with Gasteiger partial charge in [-0.1, -0.05) is 42.0 Å². The van der Waals surface area contributed by atoms with Gasteiger partial charge in [-0.2, -0.15) is 0 Å². The molecule has 0 aliphatic carbocycles. The van der Waals surface area contributed by atoms with Gasteiger partial charge in [-0.25, -0.2) is 0 Å². The molecule has 1 aliphatic rings. The summed E-state index contributed by atoms with van der Waals surface area (Å²) in [5.41, 5.74) is 3.81. The minimum absolute atomic E-state index is 0.0973. The van der Waals surface area contributed by atoms with Gasteiger partial charge in [-0.05, 0) is 56.0 Å². The van der Waals surface area contributed by atoms with Crippen molar-refractivity contribution in [3.05, 3.63) is 65.2 Å². The summed E-state index contributed by atoms with van der Waals surface area (Å²) in [6.07, 6.45) is 2.91. The second-order valence-corrected chi connectivity index (χ2v) is 7.45. The van der Waals surface area contributed by atoms with Gasteiger partial charge in [0.05, 0.1) is 13.0 Å². The van der Waals surface area contributed by atoms with Crippen molar-refractivity contribution in [2.75, 3.05) is 26.7 Å². The first-order chi connectivity index (χ1) is 13.1. The molecule has 4 heteroatoms. The van der Waals surface area contributed by atoms with Gasteiger partial charge in [0.25, 0.3) is 0 Å². The molecule has 1 fully saturated rings. The van der Waals surface area contributed by atoms with Crippen molar-refractivity contribution in [3.8, 4) is 5.75 Å². The number of carbonyl (C=O) groups excluding carboxylic acids is 1. The van der Waals surface area contributed by atoms with Crippen LogP contribution in [0.3, 0.4) is 0 Å². The Bertz CT molecular complexity index is 725. The van der Waals surface area contributed by atoms with E-state index in [2.05, 4.69) is 53.5 Å². The van der Waals surface area contributed by atoms with Gasteiger partial charge in [0.2, 0.25) is 5.91 Å². The zero-order valence-electron chi connectivity index (χ0n) is 16.4. The molecule has 1 atom stereocenters. The summed E-state index contributed by atoms with van der Waals surface area (Å²) in [4.78, 5) is 15.0. The van der Waals surface area contributed by atoms with Crippen LogP contribution in [0.2, 0.25) is 0 Å². The SMILES string of the molecule is COc1ccc(CCNC(=O)C2CCCN(Cc3ccc(C)cc3)C2)cc1. The van der Waals surface area contributed by atoms with Crippen molar-refractivity contribution in [1.82, 2.24) is 10.2 Å². The minimum Gasteiger partial charge on any atom is -0.497 e. The number of carbonyl (C=O) groups is 1. The first kappa shape index (κ1) is 19.4. The average molecular weight is 367 g/mol. The Labute approximate surface area is 162 Å². The normalized spacial score (nSPS) is 17.5. The van der Waals surface area contributed by atoms with Crippen LogP contribution >= 0.6 is 0 Å². The van der Waals surface area contributed by atoms with Crippen LogP contribution < -0.4 is 10.1 Å². The lowest BCUT2D eigenvalue weighted by Crippen LogP contribution is -2.43. The molecule has 1 N–H and O–H groups in total. The Balaban J connectivity index is 1.44. The lowest BCUT2D eigenvalue weighted by atomic mass is 9.96. The van der Waals surface area contributed by atoms with Gasteiger partial charge in [-0.3, -0.25) is 9.69 Å². The molecule has 144 valence electrons. The monoisotopic (exact) mass is 366 g/mol. The highest BCUT2D eigenvalue weighted by Crippen LogP contribution is 2.19. The minimum atomic E-state index is 0.0973. The maximum atomic E-state index is 12.6. The third-order valence-corrected chi connectivity index (χ3v) is 5.28. The number of amides is 1. The molecule has 0 aromatic heterocycles. The molecule has 3 rings (SSSR count). The molecule has 2 aromatic rings. The van der Waals surface area contributed by atoms with E-state index in [0.717, 1.165) is 44.6 Å². The van der Waals surface area contributed by atoms with Gasteiger partial charge in [0.15, 0.2) is 0 Å². The van der Waals surface area contributed by atoms with Gasteiger partial charge in [0, 0.05) is 19.6 Å². The van der Waals surface area contributed by atoms with Gasteiger partial charge >= 0.3 is 0 Å². The maximum Gasteiger partial charge on any atom is 0.224 e. The summed E-state index contributed by atoms with van der Waals surface area (Å²) in [6.45, 7) is 5.64. The zero-order valence-corrected chi connectivity index (χ0v) is 16.4. The van der Waals surface area contributed by atoms with Gasteiger partial charge < -0.3 is 10.1 Å². The molecule has 1 unspecified atom stereocenters. The predicted molar refractivity (Wildman–Crippen MR) is 109 cm³/mol.